The number of hydrogen-bond acceptors (Lipinski definition) is 6. The van der Waals surface area contributed by atoms with Crippen molar-refractivity contribution in [1.82, 2.24) is 25.3 Å². The average Bonchev–Trinajstić information content (AvgIpc) is 2.95. The second-order valence-electron chi connectivity index (χ2n) is 6.18. The van der Waals surface area contributed by atoms with Gasteiger partial charge in [-0.15, -0.1) is 0 Å². The molecule has 3 rings (SSSR count). The molecule has 1 aliphatic rings. The lowest BCUT2D eigenvalue weighted by atomic mass is 10.1. The Labute approximate surface area is 130 Å². The molecular weight excluding hydrogens is 278 g/mol. The maximum Gasteiger partial charge on any atom is 0.240 e. The number of hydrogen-bond donors (Lipinski definition) is 1. The highest BCUT2D eigenvalue weighted by molar-refractivity contribution is 5.15. The van der Waals surface area contributed by atoms with E-state index < -0.39 is 0 Å². The summed E-state index contributed by atoms with van der Waals surface area (Å²) in [6, 6.07) is 4.40. The molecule has 0 aliphatic carbocycles. The molecule has 1 saturated heterocycles. The molecular formula is C16H23N5O. The Hall–Kier alpha value is -1.79. The Bertz CT molecular complexity index is 583. The van der Waals surface area contributed by atoms with Crippen molar-refractivity contribution in [3.8, 4) is 0 Å². The zero-order chi connectivity index (χ0) is 15.4. The van der Waals surface area contributed by atoms with Gasteiger partial charge in [0.05, 0.1) is 6.54 Å². The standard InChI is InChI=1S/C16H23N5O/c1-12(2)8-15-19-16(22-20-15)11-21-7-6-18-10-14(21)13-4-3-5-17-9-13/h3-5,9,12,14,18H,6-8,10-11H2,1-2H3. The van der Waals surface area contributed by atoms with Gasteiger partial charge in [0.15, 0.2) is 5.82 Å². The molecule has 22 heavy (non-hydrogen) atoms. The Morgan fingerprint density at radius 1 is 1.45 bits per heavy atom. The normalized spacial score (nSPS) is 19.7. The summed E-state index contributed by atoms with van der Waals surface area (Å²) in [4.78, 5) is 11.1. The summed E-state index contributed by atoms with van der Waals surface area (Å²) in [6.07, 6.45) is 4.60. The van der Waals surface area contributed by atoms with Gasteiger partial charge in [0.1, 0.15) is 0 Å². The maximum atomic E-state index is 5.41. The van der Waals surface area contributed by atoms with Crippen LogP contribution in [0, 0.1) is 5.92 Å². The molecule has 0 aromatic carbocycles. The van der Waals surface area contributed by atoms with Crippen LogP contribution in [0.1, 0.15) is 37.2 Å². The number of piperazine rings is 1. The second-order valence-corrected chi connectivity index (χ2v) is 6.18. The first-order chi connectivity index (χ1) is 10.7. The van der Waals surface area contributed by atoms with Crippen molar-refractivity contribution in [2.75, 3.05) is 19.6 Å². The van der Waals surface area contributed by atoms with E-state index in [4.69, 9.17) is 4.52 Å². The quantitative estimate of drug-likeness (QED) is 0.908. The van der Waals surface area contributed by atoms with Crippen molar-refractivity contribution >= 4 is 0 Å². The van der Waals surface area contributed by atoms with Crippen molar-refractivity contribution in [2.45, 2.75) is 32.9 Å². The SMILES string of the molecule is CC(C)Cc1noc(CN2CCNCC2c2cccnc2)n1. The lowest BCUT2D eigenvalue weighted by Gasteiger charge is -2.35. The van der Waals surface area contributed by atoms with E-state index in [9.17, 15) is 0 Å². The highest BCUT2D eigenvalue weighted by Gasteiger charge is 2.25. The molecule has 1 N–H and O–H groups in total. The van der Waals surface area contributed by atoms with Crippen LogP contribution in [0.3, 0.4) is 0 Å². The molecule has 0 saturated carbocycles. The molecule has 1 unspecified atom stereocenters. The number of aromatic nitrogens is 3. The fourth-order valence-corrected chi connectivity index (χ4v) is 2.81. The van der Waals surface area contributed by atoms with E-state index >= 15 is 0 Å². The summed E-state index contributed by atoms with van der Waals surface area (Å²) < 4.78 is 5.41. The minimum atomic E-state index is 0.294. The summed E-state index contributed by atoms with van der Waals surface area (Å²) in [6.45, 7) is 7.85. The maximum absolute atomic E-state index is 5.41. The topological polar surface area (TPSA) is 67.1 Å². The Morgan fingerprint density at radius 3 is 3.14 bits per heavy atom. The van der Waals surface area contributed by atoms with Gasteiger partial charge in [-0.25, -0.2) is 0 Å². The van der Waals surface area contributed by atoms with E-state index in [2.05, 4.69) is 45.3 Å². The van der Waals surface area contributed by atoms with Crippen LogP contribution in [0.25, 0.3) is 0 Å². The predicted molar refractivity (Wildman–Crippen MR) is 83.1 cm³/mol. The fraction of sp³-hybridized carbons (Fsp3) is 0.562. The Kier molecular flexibility index (Phi) is 4.80. The van der Waals surface area contributed by atoms with Crippen molar-refractivity contribution in [2.24, 2.45) is 5.92 Å². The third kappa shape index (κ3) is 3.69. The molecule has 2 aromatic heterocycles. The zero-order valence-electron chi connectivity index (χ0n) is 13.2. The molecule has 118 valence electrons. The number of pyridine rings is 1. The van der Waals surface area contributed by atoms with Crippen LogP contribution in [0.15, 0.2) is 29.0 Å². The van der Waals surface area contributed by atoms with Gasteiger partial charge in [-0.2, -0.15) is 4.98 Å². The van der Waals surface area contributed by atoms with Crippen molar-refractivity contribution in [3.63, 3.8) is 0 Å². The summed E-state index contributed by atoms with van der Waals surface area (Å²) in [5.41, 5.74) is 1.22. The van der Waals surface area contributed by atoms with Crippen LogP contribution in [-0.2, 0) is 13.0 Å². The van der Waals surface area contributed by atoms with Crippen molar-refractivity contribution < 1.29 is 4.52 Å². The van der Waals surface area contributed by atoms with Crippen LogP contribution in [0.4, 0.5) is 0 Å². The molecule has 1 aliphatic heterocycles. The van der Waals surface area contributed by atoms with Gasteiger partial charge in [0, 0.05) is 44.5 Å². The van der Waals surface area contributed by atoms with Crippen LogP contribution >= 0.6 is 0 Å². The Morgan fingerprint density at radius 2 is 2.36 bits per heavy atom. The first-order valence-corrected chi connectivity index (χ1v) is 7.88. The minimum Gasteiger partial charge on any atom is -0.338 e. The van der Waals surface area contributed by atoms with Crippen molar-refractivity contribution in [1.29, 1.82) is 0 Å². The summed E-state index contributed by atoms with van der Waals surface area (Å²) in [5, 5.41) is 7.52. The van der Waals surface area contributed by atoms with E-state index in [1.165, 1.54) is 5.56 Å². The number of rotatable bonds is 5. The molecule has 0 amide bonds. The Balaban J connectivity index is 1.70. The fourth-order valence-electron chi connectivity index (χ4n) is 2.81. The van der Waals surface area contributed by atoms with Crippen LogP contribution < -0.4 is 5.32 Å². The van der Waals surface area contributed by atoms with Crippen LogP contribution in [-0.4, -0.2) is 39.7 Å². The first kappa shape index (κ1) is 15.1. The monoisotopic (exact) mass is 301 g/mol. The van der Waals surface area contributed by atoms with Gasteiger partial charge in [-0.1, -0.05) is 25.1 Å². The molecule has 3 heterocycles. The highest BCUT2D eigenvalue weighted by Crippen LogP contribution is 2.23. The van der Waals surface area contributed by atoms with E-state index in [1.807, 2.05) is 12.3 Å². The molecule has 6 heteroatoms. The van der Waals surface area contributed by atoms with E-state index in [0.29, 0.717) is 24.4 Å². The van der Waals surface area contributed by atoms with Gasteiger partial charge in [-0.3, -0.25) is 9.88 Å². The highest BCUT2D eigenvalue weighted by atomic mass is 16.5. The molecule has 6 nitrogen and oxygen atoms in total. The third-order valence-electron chi connectivity index (χ3n) is 3.86. The second kappa shape index (κ2) is 6.98. The van der Waals surface area contributed by atoms with E-state index in [0.717, 1.165) is 31.9 Å². The van der Waals surface area contributed by atoms with E-state index in [-0.39, 0.29) is 0 Å². The lowest BCUT2D eigenvalue weighted by Crippen LogP contribution is -2.45. The van der Waals surface area contributed by atoms with E-state index in [1.54, 1.807) is 6.20 Å². The van der Waals surface area contributed by atoms with Gasteiger partial charge < -0.3 is 9.84 Å². The molecule has 0 spiro atoms. The van der Waals surface area contributed by atoms with Crippen LogP contribution in [0.2, 0.25) is 0 Å². The van der Waals surface area contributed by atoms with Gasteiger partial charge in [-0.05, 0) is 17.5 Å². The number of nitrogens with one attached hydrogen (secondary N) is 1. The van der Waals surface area contributed by atoms with Crippen LogP contribution in [0.5, 0.6) is 0 Å². The molecule has 2 aromatic rings. The molecule has 0 bridgehead atoms. The van der Waals surface area contributed by atoms with Gasteiger partial charge >= 0.3 is 0 Å². The summed E-state index contributed by atoms with van der Waals surface area (Å²) in [5.74, 6) is 2.04. The summed E-state index contributed by atoms with van der Waals surface area (Å²) >= 11 is 0. The average molecular weight is 301 g/mol. The molecule has 1 fully saturated rings. The van der Waals surface area contributed by atoms with Gasteiger partial charge in [0.25, 0.3) is 0 Å². The first-order valence-electron chi connectivity index (χ1n) is 7.88. The molecule has 0 radical (unpaired) electrons. The number of nitrogens with zero attached hydrogens (tertiary/aromatic N) is 4. The minimum absolute atomic E-state index is 0.294. The third-order valence-corrected chi connectivity index (χ3v) is 3.86. The summed E-state index contributed by atoms with van der Waals surface area (Å²) in [7, 11) is 0. The van der Waals surface area contributed by atoms with Gasteiger partial charge in [0.2, 0.25) is 5.89 Å². The molecule has 1 atom stereocenters. The zero-order valence-corrected chi connectivity index (χ0v) is 13.2. The smallest absolute Gasteiger partial charge is 0.240 e. The van der Waals surface area contributed by atoms with Crippen molar-refractivity contribution in [3.05, 3.63) is 41.8 Å². The predicted octanol–water partition coefficient (Wildman–Crippen LogP) is 1.81. The largest absolute Gasteiger partial charge is 0.338 e. The lowest BCUT2D eigenvalue weighted by molar-refractivity contribution is 0.135.